The van der Waals surface area contributed by atoms with Gasteiger partial charge in [0.05, 0.1) is 111 Å². The van der Waals surface area contributed by atoms with Crippen LogP contribution in [0.15, 0.2) is 85.1 Å². The van der Waals surface area contributed by atoms with Gasteiger partial charge in [-0.1, -0.05) is 98.9 Å². The highest BCUT2D eigenvalue weighted by Crippen LogP contribution is 2.39. The van der Waals surface area contributed by atoms with Gasteiger partial charge in [-0.2, -0.15) is 0 Å². The molecule has 2 bridgehead atoms. The predicted molar refractivity (Wildman–Crippen MR) is 306 cm³/mol. The molecule has 21 N–H and O–H groups in total. The van der Waals surface area contributed by atoms with Crippen molar-refractivity contribution >= 4 is 11.9 Å². The molecule has 0 radical (unpaired) electrons. The molecule has 4 rings (SSSR count). The highest BCUT2D eigenvalue weighted by atomic mass is 16.7. The molecule has 28 nitrogen and oxygen atoms in total. The van der Waals surface area contributed by atoms with E-state index in [4.69, 9.17) is 23.7 Å². The second-order valence-corrected chi connectivity index (χ2v) is 23.3. The Kier molecular flexibility index (Phi) is 31.5. The molecule has 8 unspecified atom stereocenters. The summed E-state index contributed by atoms with van der Waals surface area (Å²) in [7, 11) is 0. The topological polar surface area (TPSA) is 489 Å². The maximum absolute atomic E-state index is 14.2. The van der Waals surface area contributed by atoms with Crippen LogP contribution < -0.4 is 10.6 Å². The van der Waals surface area contributed by atoms with Crippen LogP contribution in [0.25, 0.3) is 0 Å². The first-order chi connectivity index (χ1) is 40.9. The molecule has 4 aliphatic rings. The fourth-order valence-corrected chi connectivity index (χ4v) is 10.5. The fraction of sp³-hybridized carbons (Fsp3) is 0.729. The number of ether oxygens (including phenoxy) is 5. The molecule has 4 aliphatic heterocycles. The van der Waals surface area contributed by atoms with Crippen LogP contribution in [0, 0.1) is 17.8 Å². The van der Waals surface area contributed by atoms with Crippen molar-refractivity contribution in [1.29, 1.82) is 0 Å². The number of hydrogen-bond donors (Lipinski definition) is 21. The second kappa shape index (κ2) is 36.3. The van der Waals surface area contributed by atoms with E-state index < -0.39 is 228 Å². The molecule has 498 valence electrons. The molecule has 4 heterocycles. The molecule has 0 aromatic carbocycles. The normalized spacial score (nSPS) is 43.9. The molecule has 0 saturated carbocycles. The minimum absolute atomic E-state index is 0.192. The van der Waals surface area contributed by atoms with Gasteiger partial charge in [0.15, 0.2) is 12.1 Å². The van der Waals surface area contributed by atoms with Crippen LogP contribution >= 0.6 is 0 Å². The standard InChI is InChI=1S/C59H96N2O26/c1-31-17-15-13-11-9-7-5-6-8-10-12-14-16-18-38(86-57-54(78)48(50(74)34(4)85-57)61-30-59(82)55(79)53(77)44(71)29-83-59)24-45-47(56(80)60-27-42(69)51(75)52(76)43(70)28-62)41(68)26-58(81,87-45)25-37(65)22-40(67)39(66)20-19-35(63)21-36(64)23-46(72)84-33(3)32(2)49(31)73/h5-18,31-45,47-55,57,61-71,73-79,81-82H,19-30H2,1-4H3,(H,60,80)/b6-5+,9-7+,10-8+,13-11+,14-12+,17-15+,18-16+/t31-,32?,33-,34+,35+,36+,37-,38-,39+,40+,41-,42?,43?,44+,45?,47?,48-,49+,50+,51?,52?,53+,54-,55-,57?,58+,59+/m0/s1. The van der Waals surface area contributed by atoms with E-state index in [1.165, 1.54) is 19.1 Å². The van der Waals surface area contributed by atoms with E-state index in [2.05, 4.69) is 10.6 Å². The van der Waals surface area contributed by atoms with Crippen LogP contribution in [-0.4, -0.2) is 281 Å². The van der Waals surface area contributed by atoms with Crippen LogP contribution in [-0.2, 0) is 33.3 Å². The van der Waals surface area contributed by atoms with Gasteiger partial charge in [-0.25, -0.2) is 0 Å². The van der Waals surface area contributed by atoms with Crippen LogP contribution in [0.3, 0.4) is 0 Å². The van der Waals surface area contributed by atoms with Crippen molar-refractivity contribution in [2.45, 2.75) is 225 Å². The number of fused-ring (bicyclic) bond motifs is 2. The maximum atomic E-state index is 14.2. The molecular formula is C59H96N2O26. The minimum Gasteiger partial charge on any atom is -0.462 e. The van der Waals surface area contributed by atoms with E-state index in [0.717, 1.165) is 0 Å². The highest BCUT2D eigenvalue weighted by Gasteiger charge is 2.53. The zero-order valence-electron chi connectivity index (χ0n) is 49.4. The lowest BCUT2D eigenvalue weighted by Crippen LogP contribution is -2.69. The van der Waals surface area contributed by atoms with E-state index in [1.54, 1.807) is 93.7 Å². The quantitative estimate of drug-likeness (QED) is 0.0811. The third kappa shape index (κ3) is 23.4. The van der Waals surface area contributed by atoms with E-state index in [0.29, 0.717) is 0 Å². The lowest BCUT2D eigenvalue weighted by Gasteiger charge is -2.47. The summed E-state index contributed by atoms with van der Waals surface area (Å²) in [5.74, 6) is -9.49. The molecule has 27 atom stereocenters. The van der Waals surface area contributed by atoms with Crippen molar-refractivity contribution in [2.24, 2.45) is 17.8 Å². The van der Waals surface area contributed by atoms with Gasteiger partial charge in [-0.3, -0.25) is 9.59 Å². The van der Waals surface area contributed by atoms with Gasteiger partial charge in [0.2, 0.25) is 11.7 Å². The Morgan fingerprint density at radius 2 is 1.23 bits per heavy atom. The number of carbonyl (C=O) groups is 2. The number of cyclic esters (lactones) is 1. The van der Waals surface area contributed by atoms with Crippen LogP contribution in [0.5, 0.6) is 0 Å². The van der Waals surface area contributed by atoms with Gasteiger partial charge in [-0.05, 0) is 33.1 Å². The Labute approximate surface area is 505 Å². The lowest BCUT2D eigenvalue weighted by atomic mass is 9.82. The molecule has 28 heteroatoms. The Bertz CT molecular complexity index is 2270. The van der Waals surface area contributed by atoms with Gasteiger partial charge in [-0.15, -0.1) is 0 Å². The monoisotopic (exact) mass is 1250 g/mol. The molecular weight excluding hydrogens is 1150 g/mol. The molecule has 87 heavy (non-hydrogen) atoms. The Hall–Kier alpha value is -3.84. The smallest absolute Gasteiger partial charge is 0.308 e. The average Bonchev–Trinajstić information content (AvgIpc) is 1.34. The first kappa shape index (κ1) is 75.6. The number of amides is 1. The highest BCUT2D eigenvalue weighted by molar-refractivity contribution is 5.80. The van der Waals surface area contributed by atoms with Gasteiger partial charge in [0, 0.05) is 44.1 Å². The summed E-state index contributed by atoms with van der Waals surface area (Å²) in [6.45, 7) is 3.39. The van der Waals surface area contributed by atoms with Crippen molar-refractivity contribution in [3.8, 4) is 0 Å². The summed E-state index contributed by atoms with van der Waals surface area (Å²) in [6, 6.07) is -1.44. The SMILES string of the molecule is CC1[C@H](C)OC(=O)C[C@H](O)C[C@H](O)CC[C@@H](O)[C@H](O)C[C@H](O)C[C@]2(O)C[C@H](O)C(C(=O)NCC(O)C(O)C(O)C(O)CO)C(C[C@@H](OC3O[C@H](C)[C@@H](O)[C@H](NC[C@@]4(O)OC[C@@H](O)[C@@H](O)[C@@H]4O)[C@@H]3O)/C=C/C=C/C=C/C=C/C=C/C=C/C=C/[C@H](C)[C@H]1O)O2. The molecule has 0 spiro atoms. The third-order valence-corrected chi connectivity index (χ3v) is 16.1. The van der Waals surface area contributed by atoms with E-state index in [9.17, 15) is 107 Å². The molecule has 3 saturated heterocycles. The number of carbonyl (C=O) groups excluding carboxylic acids is 2. The predicted octanol–water partition coefficient (Wildman–Crippen LogP) is -5.39. The Balaban J connectivity index is 1.70. The first-order valence-corrected chi connectivity index (χ1v) is 29.4. The van der Waals surface area contributed by atoms with Crippen LogP contribution in [0.4, 0.5) is 0 Å². The number of aliphatic hydroxyl groups is 19. The van der Waals surface area contributed by atoms with E-state index in [1.807, 2.05) is 0 Å². The van der Waals surface area contributed by atoms with E-state index >= 15 is 0 Å². The van der Waals surface area contributed by atoms with Crippen LogP contribution in [0.1, 0.15) is 79.1 Å². The number of allylic oxidation sites excluding steroid dienone is 12. The fourth-order valence-electron chi connectivity index (χ4n) is 10.5. The summed E-state index contributed by atoms with van der Waals surface area (Å²) < 4.78 is 29.1. The molecule has 3 fully saturated rings. The third-order valence-electron chi connectivity index (χ3n) is 16.1. The van der Waals surface area contributed by atoms with Gasteiger partial charge in [0.1, 0.15) is 48.8 Å². The van der Waals surface area contributed by atoms with Gasteiger partial charge >= 0.3 is 5.97 Å². The summed E-state index contributed by atoms with van der Waals surface area (Å²) in [5.41, 5.74) is 0. The number of hydrogen-bond acceptors (Lipinski definition) is 27. The molecule has 0 aromatic heterocycles. The minimum atomic E-state index is -2.54. The molecule has 1 amide bonds. The average molecular weight is 1250 g/mol. The second-order valence-electron chi connectivity index (χ2n) is 23.3. The molecule has 0 aliphatic carbocycles. The van der Waals surface area contributed by atoms with Gasteiger partial charge < -0.3 is 131 Å². The summed E-state index contributed by atoms with van der Waals surface area (Å²) >= 11 is 0. The number of rotatable bonds is 12. The Morgan fingerprint density at radius 1 is 0.644 bits per heavy atom. The maximum Gasteiger partial charge on any atom is 0.308 e. The summed E-state index contributed by atoms with van der Waals surface area (Å²) in [4.78, 5) is 26.9. The first-order valence-electron chi connectivity index (χ1n) is 29.4. The molecule has 0 aromatic rings. The van der Waals surface area contributed by atoms with Crippen LogP contribution in [0.2, 0.25) is 0 Å². The van der Waals surface area contributed by atoms with Crippen molar-refractivity contribution in [2.75, 3.05) is 26.3 Å². The number of nitrogens with one attached hydrogen (secondary N) is 2. The van der Waals surface area contributed by atoms with Crippen molar-refractivity contribution in [1.82, 2.24) is 10.6 Å². The number of aliphatic hydroxyl groups excluding tert-OH is 17. The largest absolute Gasteiger partial charge is 0.462 e. The van der Waals surface area contributed by atoms with E-state index in [-0.39, 0.29) is 25.2 Å². The zero-order chi connectivity index (χ0) is 64.9. The summed E-state index contributed by atoms with van der Waals surface area (Å²) in [5, 5.41) is 210. The lowest BCUT2D eigenvalue weighted by molar-refractivity contribution is -0.323. The number of esters is 1. The van der Waals surface area contributed by atoms with Gasteiger partial charge in [0.25, 0.3) is 0 Å². The van der Waals surface area contributed by atoms with Crippen molar-refractivity contribution in [3.63, 3.8) is 0 Å². The Morgan fingerprint density at radius 3 is 1.84 bits per heavy atom. The summed E-state index contributed by atoms with van der Waals surface area (Å²) in [6.07, 6.45) is -14.6. The van der Waals surface area contributed by atoms with Crippen molar-refractivity contribution in [3.05, 3.63) is 85.1 Å². The zero-order valence-corrected chi connectivity index (χ0v) is 49.4. The van der Waals surface area contributed by atoms with Crippen molar-refractivity contribution < 1.29 is 130 Å².